The summed E-state index contributed by atoms with van der Waals surface area (Å²) in [6.45, 7) is 0.300. The van der Waals surface area contributed by atoms with Gasteiger partial charge in [-0.2, -0.15) is 0 Å². The highest BCUT2D eigenvalue weighted by Crippen LogP contribution is 2.04. The fourth-order valence-electron chi connectivity index (χ4n) is 3.04. The number of aromatic nitrogens is 2. The first-order chi connectivity index (χ1) is 16.6. The first-order valence-electron chi connectivity index (χ1n) is 11.2. The van der Waals surface area contributed by atoms with Crippen molar-refractivity contribution in [3.63, 3.8) is 0 Å². The molecule has 3 unspecified atom stereocenters. The van der Waals surface area contributed by atoms with Gasteiger partial charge >= 0.3 is 5.97 Å². The molecule has 0 saturated heterocycles. The Bertz CT molecular complexity index is 841. The van der Waals surface area contributed by atoms with E-state index in [1.807, 2.05) is 0 Å². The first-order valence-corrected chi connectivity index (χ1v) is 11.2. The third-order valence-corrected chi connectivity index (χ3v) is 4.92. The van der Waals surface area contributed by atoms with Crippen LogP contribution in [0.1, 0.15) is 37.8 Å². The number of aromatic amines is 1. The lowest BCUT2D eigenvalue weighted by molar-refractivity contribution is -0.142. The number of imidazole rings is 1. The highest BCUT2D eigenvalue weighted by Gasteiger charge is 2.27. The zero-order valence-corrected chi connectivity index (χ0v) is 19.5. The summed E-state index contributed by atoms with van der Waals surface area (Å²) in [4.78, 5) is 59.4. The molecule has 0 spiro atoms. The quantitative estimate of drug-likeness (QED) is 0.0586. The van der Waals surface area contributed by atoms with Crippen LogP contribution in [-0.2, 0) is 25.6 Å². The molecular formula is C20H36N10O5. The van der Waals surface area contributed by atoms with Crippen molar-refractivity contribution < 1.29 is 24.3 Å². The van der Waals surface area contributed by atoms with E-state index in [4.69, 9.17) is 22.9 Å². The third-order valence-electron chi connectivity index (χ3n) is 4.92. The van der Waals surface area contributed by atoms with E-state index in [0.717, 1.165) is 0 Å². The predicted molar refractivity (Wildman–Crippen MR) is 128 cm³/mol. The number of nitrogens with two attached hydrogens (primary N) is 4. The number of aliphatic carboxylic acids is 1. The molecule has 0 aromatic carbocycles. The first kappa shape index (κ1) is 29.3. The molecule has 1 aromatic rings. The van der Waals surface area contributed by atoms with Crippen LogP contribution < -0.4 is 38.9 Å². The van der Waals surface area contributed by atoms with Crippen LogP contribution in [0.5, 0.6) is 0 Å². The summed E-state index contributed by atoms with van der Waals surface area (Å²) in [7, 11) is 0. The summed E-state index contributed by atoms with van der Waals surface area (Å²) in [6.07, 6.45) is 5.02. The molecule has 0 bridgehead atoms. The molecule has 1 aromatic heterocycles. The van der Waals surface area contributed by atoms with E-state index in [1.54, 1.807) is 0 Å². The van der Waals surface area contributed by atoms with Crippen LogP contribution in [0.15, 0.2) is 17.5 Å². The monoisotopic (exact) mass is 496 g/mol. The van der Waals surface area contributed by atoms with Crippen LogP contribution >= 0.6 is 0 Å². The van der Waals surface area contributed by atoms with Gasteiger partial charge in [0.2, 0.25) is 17.7 Å². The molecule has 15 heteroatoms. The van der Waals surface area contributed by atoms with Gasteiger partial charge < -0.3 is 49.0 Å². The van der Waals surface area contributed by atoms with Crippen molar-refractivity contribution in [2.75, 3.05) is 19.6 Å². The summed E-state index contributed by atoms with van der Waals surface area (Å²) in [5, 5.41) is 16.8. The maximum Gasteiger partial charge on any atom is 0.326 e. The van der Waals surface area contributed by atoms with Crippen LogP contribution in [0.4, 0.5) is 0 Å². The van der Waals surface area contributed by atoms with Gasteiger partial charge in [-0.1, -0.05) is 0 Å². The largest absolute Gasteiger partial charge is 0.480 e. The van der Waals surface area contributed by atoms with Crippen molar-refractivity contribution in [2.45, 2.75) is 56.7 Å². The van der Waals surface area contributed by atoms with Crippen LogP contribution in [0.25, 0.3) is 0 Å². The lowest BCUT2D eigenvalue weighted by atomic mass is 10.1. The average Bonchev–Trinajstić information content (AvgIpc) is 3.32. The molecule has 0 aliphatic carbocycles. The number of carbonyl (C=O) groups excluding carboxylic acids is 3. The number of nitrogens with zero attached hydrogens (tertiary/aromatic N) is 2. The van der Waals surface area contributed by atoms with Gasteiger partial charge in [0.05, 0.1) is 18.9 Å². The van der Waals surface area contributed by atoms with Crippen molar-refractivity contribution in [3.05, 3.63) is 18.2 Å². The molecule has 0 aliphatic rings. The minimum atomic E-state index is -1.19. The Labute approximate surface area is 202 Å². The number of carboxylic acid groups (broad SMARTS) is 1. The van der Waals surface area contributed by atoms with E-state index >= 15 is 0 Å². The molecule has 0 aliphatic heterocycles. The van der Waals surface area contributed by atoms with Crippen molar-refractivity contribution in [1.29, 1.82) is 0 Å². The predicted octanol–water partition coefficient (Wildman–Crippen LogP) is -3.37. The van der Waals surface area contributed by atoms with E-state index in [-0.39, 0.29) is 18.8 Å². The second-order valence-corrected chi connectivity index (χ2v) is 7.86. The maximum atomic E-state index is 12.8. The Kier molecular flexibility index (Phi) is 13.4. The molecular weight excluding hydrogens is 460 g/mol. The second kappa shape index (κ2) is 16.0. The summed E-state index contributed by atoms with van der Waals surface area (Å²) in [6, 6.07) is -3.11. The molecule has 35 heavy (non-hydrogen) atoms. The van der Waals surface area contributed by atoms with Crippen molar-refractivity contribution in [3.8, 4) is 0 Å². The van der Waals surface area contributed by atoms with Gasteiger partial charge in [-0.3, -0.25) is 19.4 Å². The van der Waals surface area contributed by atoms with Crippen LogP contribution in [0.3, 0.4) is 0 Å². The third kappa shape index (κ3) is 12.4. The fraction of sp³-hybridized carbons (Fsp3) is 0.600. The number of unbranched alkanes of at least 4 members (excludes halogenated alkanes) is 1. The molecule has 1 rings (SSSR count). The highest BCUT2D eigenvalue weighted by molar-refractivity contribution is 5.92. The average molecular weight is 497 g/mol. The summed E-state index contributed by atoms with van der Waals surface area (Å²) in [5.41, 5.74) is 22.2. The Morgan fingerprint density at radius 1 is 1.06 bits per heavy atom. The van der Waals surface area contributed by atoms with E-state index in [9.17, 15) is 24.3 Å². The van der Waals surface area contributed by atoms with E-state index in [1.165, 1.54) is 12.5 Å². The van der Waals surface area contributed by atoms with Gasteiger partial charge in [0, 0.05) is 24.9 Å². The Morgan fingerprint density at radius 2 is 1.80 bits per heavy atom. The number of hydrogen-bond acceptors (Lipinski definition) is 8. The maximum absolute atomic E-state index is 12.8. The number of carboxylic acids is 1. The second-order valence-electron chi connectivity index (χ2n) is 7.86. The number of H-pyrrole nitrogens is 1. The molecule has 15 nitrogen and oxygen atoms in total. The Hall–Kier alpha value is -3.72. The van der Waals surface area contributed by atoms with Gasteiger partial charge in [0.15, 0.2) is 5.96 Å². The minimum Gasteiger partial charge on any atom is -0.480 e. The molecule has 196 valence electrons. The van der Waals surface area contributed by atoms with E-state index < -0.39 is 48.4 Å². The number of guanidine groups is 1. The molecule has 13 N–H and O–H groups in total. The standard InChI is InChI=1S/C20H36N10O5/c21-6-2-1-5-14(19(34)35)30-18(33)15(8-12-9-25-11-28-12)29-16(31)10-27-17(32)13(22)4-3-7-26-20(23)24/h9,11,13-15H,1-8,10,21-22H2,(H,25,28)(H,27,32)(H,29,31)(H,30,33)(H,34,35)(H4,23,24,26). The molecule has 1 heterocycles. The number of nitrogens with one attached hydrogen (secondary N) is 4. The van der Waals surface area contributed by atoms with Crippen molar-refractivity contribution in [1.82, 2.24) is 25.9 Å². The smallest absolute Gasteiger partial charge is 0.326 e. The van der Waals surface area contributed by atoms with Gasteiger partial charge in [-0.15, -0.1) is 0 Å². The fourth-order valence-corrected chi connectivity index (χ4v) is 3.04. The number of carbonyl (C=O) groups is 4. The number of amides is 3. The molecule has 0 radical (unpaired) electrons. The number of hydrogen-bond donors (Lipinski definition) is 9. The molecule has 3 atom stereocenters. The van der Waals surface area contributed by atoms with Crippen molar-refractivity contribution >= 4 is 29.7 Å². The SMILES string of the molecule is NCCCCC(NC(=O)C(Cc1cnc[nH]1)NC(=O)CNC(=O)C(N)CCCN=C(N)N)C(=O)O. The van der Waals surface area contributed by atoms with E-state index in [2.05, 4.69) is 30.9 Å². The summed E-state index contributed by atoms with van der Waals surface area (Å²) >= 11 is 0. The van der Waals surface area contributed by atoms with Crippen LogP contribution in [0.2, 0.25) is 0 Å². The van der Waals surface area contributed by atoms with Crippen LogP contribution in [-0.4, -0.2) is 82.5 Å². The van der Waals surface area contributed by atoms with Gasteiger partial charge in [-0.25, -0.2) is 9.78 Å². The summed E-state index contributed by atoms with van der Waals surface area (Å²) < 4.78 is 0. The Balaban J connectivity index is 2.66. The lowest BCUT2D eigenvalue weighted by Crippen LogP contribution is -2.54. The van der Waals surface area contributed by atoms with Gasteiger partial charge in [-0.05, 0) is 38.6 Å². The summed E-state index contributed by atoms with van der Waals surface area (Å²) in [5.74, 6) is -3.14. The van der Waals surface area contributed by atoms with Crippen LogP contribution in [0, 0.1) is 0 Å². The zero-order valence-electron chi connectivity index (χ0n) is 19.5. The highest BCUT2D eigenvalue weighted by atomic mass is 16.4. The van der Waals surface area contributed by atoms with Crippen molar-refractivity contribution in [2.24, 2.45) is 27.9 Å². The number of aliphatic imine (C=N–C) groups is 1. The normalized spacial score (nSPS) is 13.2. The topological polar surface area (TPSA) is 270 Å². The Morgan fingerprint density at radius 3 is 2.40 bits per heavy atom. The molecule has 0 fully saturated rings. The number of rotatable bonds is 17. The van der Waals surface area contributed by atoms with E-state index in [0.29, 0.717) is 44.5 Å². The lowest BCUT2D eigenvalue weighted by Gasteiger charge is -2.21. The van der Waals surface area contributed by atoms with Gasteiger partial charge in [0.1, 0.15) is 12.1 Å². The van der Waals surface area contributed by atoms with Gasteiger partial charge in [0.25, 0.3) is 0 Å². The molecule has 3 amide bonds. The minimum absolute atomic E-state index is 0.0327. The molecule has 0 saturated carbocycles. The zero-order chi connectivity index (χ0) is 26.2.